The van der Waals surface area contributed by atoms with Crippen molar-refractivity contribution in [2.75, 3.05) is 33.8 Å². The molecule has 0 fully saturated rings. The van der Waals surface area contributed by atoms with E-state index in [9.17, 15) is 78.9 Å². The Morgan fingerprint density at radius 1 is 0.477 bits per heavy atom. The first kappa shape index (κ1) is 70.6. The second-order valence-corrected chi connectivity index (χ2v) is 17.4. The minimum atomic E-state index is -4.64. The van der Waals surface area contributed by atoms with Gasteiger partial charge in [-0.3, -0.25) is 20.2 Å². The van der Waals surface area contributed by atoms with E-state index in [1.165, 1.54) is 105 Å². The highest BCUT2D eigenvalue weighted by Crippen LogP contribution is 2.41. The van der Waals surface area contributed by atoms with Gasteiger partial charge in [-0.05, 0) is 92.7 Å². The molecule has 0 aliphatic heterocycles. The zero-order valence-corrected chi connectivity index (χ0v) is 46.8. The van der Waals surface area contributed by atoms with E-state index in [1.807, 2.05) is 13.8 Å². The van der Waals surface area contributed by atoms with Gasteiger partial charge in [-0.2, -0.15) is 39.5 Å². The molecule has 0 aliphatic carbocycles. The molecule has 7 rings (SSSR count). The van der Waals surface area contributed by atoms with E-state index in [0.717, 1.165) is 62.8 Å². The maximum Gasteiger partial charge on any atom is 0.419 e. The van der Waals surface area contributed by atoms with Crippen LogP contribution in [0.5, 0.6) is 34.5 Å². The molecule has 4 N–H and O–H groups in total. The first-order chi connectivity index (χ1) is 39.8. The average molecular weight is 1260 g/mol. The van der Waals surface area contributed by atoms with Crippen molar-refractivity contribution in [2.24, 2.45) is 0 Å². The molecule has 19 nitrogen and oxygen atoms in total. The van der Waals surface area contributed by atoms with E-state index >= 15 is 0 Å². The quantitative estimate of drug-likeness (QED) is 0.0337. The van der Waals surface area contributed by atoms with E-state index in [-0.39, 0.29) is 74.6 Å². The van der Waals surface area contributed by atoms with Crippen molar-refractivity contribution in [3.63, 3.8) is 0 Å². The Balaban J connectivity index is 0.000000304. The summed E-state index contributed by atoms with van der Waals surface area (Å²) >= 11 is 5.59. The van der Waals surface area contributed by atoms with Gasteiger partial charge >= 0.3 is 42.4 Å². The van der Waals surface area contributed by atoms with Crippen molar-refractivity contribution in [1.82, 2.24) is 0 Å². The molecular weight excluding hydrogens is 1210 g/mol. The molecule has 0 bridgehead atoms. The number of nitrogens with zero attached hydrogens (tertiary/aromatic N) is 2. The van der Waals surface area contributed by atoms with Gasteiger partial charge in [0.25, 0.3) is 11.4 Å². The van der Waals surface area contributed by atoms with E-state index < -0.39 is 85.9 Å². The van der Waals surface area contributed by atoms with E-state index in [2.05, 4.69) is 25.3 Å². The Morgan fingerprint density at radius 2 is 0.791 bits per heavy atom. The third kappa shape index (κ3) is 20.0. The lowest BCUT2D eigenvalue weighted by atomic mass is 10.1. The molecule has 0 heterocycles. The second-order valence-electron chi connectivity index (χ2n) is 16.9. The molecule has 0 atom stereocenters. The maximum absolute atomic E-state index is 13.1. The highest BCUT2D eigenvalue weighted by Gasteiger charge is 2.37. The zero-order chi connectivity index (χ0) is 63.6. The van der Waals surface area contributed by atoms with Gasteiger partial charge in [0, 0.05) is 47.1 Å². The minimum absolute atomic E-state index is 0. The molecule has 458 valence electrons. The Morgan fingerprint density at radius 3 is 1.16 bits per heavy atom. The summed E-state index contributed by atoms with van der Waals surface area (Å²) in [6.07, 6.45) is -13.7. The van der Waals surface area contributed by atoms with Gasteiger partial charge < -0.3 is 56.6 Å². The van der Waals surface area contributed by atoms with Crippen molar-refractivity contribution >= 4 is 58.2 Å². The number of carbonyl (C=O) groups is 4. The maximum atomic E-state index is 13.1. The predicted molar refractivity (Wildman–Crippen MR) is 285 cm³/mol. The summed E-state index contributed by atoms with van der Waals surface area (Å²) in [4.78, 5) is 66.2. The number of anilines is 1. The number of hydrogen-bond acceptors (Lipinski definition) is 16. The van der Waals surface area contributed by atoms with Crippen molar-refractivity contribution < 1.29 is 120 Å². The number of nitro groups is 2. The van der Waals surface area contributed by atoms with Gasteiger partial charge in [0.15, 0.2) is 0 Å². The van der Waals surface area contributed by atoms with Crippen molar-refractivity contribution in [3.05, 3.63) is 210 Å². The van der Waals surface area contributed by atoms with Crippen LogP contribution in [0.1, 0.15) is 72.0 Å². The van der Waals surface area contributed by atoms with Crippen LogP contribution in [0.15, 0.2) is 146 Å². The summed E-state index contributed by atoms with van der Waals surface area (Å²) in [6.45, 7) is 3.79. The highest BCUT2D eigenvalue weighted by atomic mass is 35.5. The second kappa shape index (κ2) is 31.3. The lowest BCUT2D eigenvalue weighted by molar-refractivity contribution is -0.385. The Labute approximate surface area is 492 Å². The van der Waals surface area contributed by atoms with Crippen molar-refractivity contribution in [2.45, 2.75) is 38.4 Å². The summed E-state index contributed by atoms with van der Waals surface area (Å²) in [5.41, 5.74) is 0.638. The fraction of sp³-hybridized carbons (Fsp3) is 0.179. The Hall–Kier alpha value is -9.67. The Kier molecular flexibility index (Phi) is 25.7. The van der Waals surface area contributed by atoms with Gasteiger partial charge in [-0.15, -0.1) is 0 Å². The van der Waals surface area contributed by atoms with Crippen LogP contribution >= 0.6 is 11.6 Å². The van der Waals surface area contributed by atoms with Gasteiger partial charge in [0.05, 0.1) is 60.5 Å². The topological polar surface area (TPSA) is 259 Å². The number of benzene rings is 7. The number of quaternary nitrogens is 1. The van der Waals surface area contributed by atoms with Gasteiger partial charge in [0.1, 0.15) is 56.9 Å². The summed E-state index contributed by atoms with van der Waals surface area (Å²) in [7, 11) is 4.60. The number of hydrogen-bond donors (Lipinski definition) is 2. The molecule has 30 heteroatoms. The number of alkyl halides is 9. The SMILES string of the molecule is COC(=O)c1cc(Cl)ccc1[N+](=O)[O-].COC(=O)c1cc(Oc2ccccc2C(F)(F)F)ccc1NC(C)C.COC(=O)c1cc(Oc2ccccc2C(F)(F)F)ccc1[N+](=O)[O-].COC(=O)c1cc(Oc2ccccc2C(F)(F)F)ccc1[NH3+].[Cl-]. The lowest BCUT2D eigenvalue weighted by Gasteiger charge is -2.17. The molecule has 86 heavy (non-hydrogen) atoms. The first-order valence-electron chi connectivity index (χ1n) is 23.8. The summed E-state index contributed by atoms with van der Waals surface area (Å²) < 4.78 is 151. The van der Waals surface area contributed by atoms with Crippen LogP contribution < -0.4 is 37.7 Å². The molecule has 7 aromatic carbocycles. The number of ether oxygens (including phenoxy) is 7. The number of halogens is 11. The van der Waals surface area contributed by atoms with Crippen LogP contribution in [0.25, 0.3) is 0 Å². The molecule has 0 saturated carbocycles. The fourth-order valence-electron chi connectivity index (χ4n) is 6.92. The average Bonchev–Trinajstić information content (AvgIpc) is 2.86. The first-order valence-corrected chi connectivity index (χ1v) is 24.2. The monoisotopic (exact) mass is 1260 g/mol. The molecule has 0 amide bonds. The number of nitro benzene ring substituents is 2. The van der Waals surface area contributed by atoms with E-state index in [4.69, 9.17) is 30.5 Å². The predicted octanol–water partition coefficient (Wildman–Crippen LogP) is 11.5. The van der Waals surface area contributed by atoms with Crippen LogP contribution in [-0.2, 0) is 37.5 Å². The molecule has 0 saturated heterocycles. The van der Waals surface area contributed by atoms with Crippen molar-refractivity contribution in [3.8, 4) is 34.5 Å². The number of carbonyl (C=O) groups excluding carboxylic acids is 4. The molecule has 0 radical (unpaired) electrons. The molecule has 0 spiro atoms. The lowest BCUT2D eigenvalue weighted by Crippen LogP contribution is -3.00. The largest absolute Gasteiger partial charge is 1.00 e. The highest BCUT2D eigenvalue weighted by molar-refractivity contribution is 6.31. The van der Waals surface area contributed by atoms with Crippen LogP contribution in [0.4, 0.5) is 62.3 Å². The van der Waals surface area contributed by atoms with Crippen LogP contribution in [0, 0.1) is 20.2 Å². The van der Waals surface area contributed by atoms with Gasteiger partial charge in [-0.25, -0.2) is 19.2 Å². The third-order valence-electron chi connectivity index (χ3n) is 10.7. The minimum Gasteiger partial charge on any atom is -1.00 e. The van der Waals surface area contributed by atoms with Crippen molar-refractivity contribution in [1.29, 1.82) is 0 Å². The molecular formula is C56H47Cl2F9N4O15. The normalized spacial score (nSPS) is 10.8. The summed E-state index contributed by atoms with van der Waals surface area (Å²) in [6, 6.07) is 29.6. The summed E-state index contributed by atoms with van der Waals surface area (Å²) in [5, 5.41) is 24.7. The standard InChI is InChI=1S/C18H18F3NO3.C15H10F3NO5.C15H12F3NO3.C8H6ClNO4.ClH/c1-11(2)22-15-9-8-12(10-13(15)17(23)24-3)25-16-7-5-4-6-14(16)18(19,20)21;1-23-14(20)10-8-9(6-7-12(10)19(21)22)24-13-5-3-2-4-11(13)15(16,17)18;1-21-14(20)10-8-9(6-7-12(10)19)22-13-5-3-2-4-11(13)15(16,17)18;1-14-8(11)6-4-5(9)2-3-7(6)10(12)13;/h4-11,22H,1-3H3;2-8H,1H3;2-8H,19H2,1H3;2-4H,1H3;1H. The smallest absolute Gasteiger partial charge is 0.419 e. The zero-order valence-electron chi connectivity index (χ0n) is 45.3. The van der Waals surface area contributed by atoms with Gasteiger partial charge in [0.2, 0.25) is 0 Å². The summed E-state index contributed by atoms with van der Waals surface area (Å²) in [5.74, 6) is -4.19. The molecule has 0 aromatic heterocycles. The molecule has 0 aliphatic rings. The number of nitrogens with one attached hydrogen (secondary N) is 1. The molecule has 7 aromatic rings. The van der Waals surface area contributed by atoms with Gasteiger partial charge in [-0.1, -0.05) is 48.0 Å². The van der Waals surface area contributed by atoms with Crippen LogP contribution in [0.2, 0.25) is 5.02 Å². The van der Waals surface area contributed by atoms with Crippen LogP contribution in [-0.4, -0.2) is 68.2 Å². The number of esters is 4. The number of rotatable bonds is 14. The fourth-order valence-corrected chi connectivity index (χ4v) is 7.10. The van der Waals surface area contributed by atoms with E-state index in [1.54, 1.807) is 6.07 Å². The van der Waals surface area contributed by atoms with E-state index in [0.29, 0.717) is 11.4 Å². The number of para-hydroxylation sites is 3. The molecule has 0 unspecified atom stereocenters. The Bertz CT molecular complexity index is 3550. The van der Waals surface area contributed by atoms with Crippen LogP contribution in [0.3, 0.4) is 0 Å². The number of methoxy groups -OCH3 is 4. The third-order valence-corrected chi connectivity index (χ3v) is 11.0.